The van der Waals surface area contributed by atoms with E-state index >= 15 is 0 Å². The van der Waals surface area contributed by atoms with Gasteiger partial charge in [-0.2, -0.15) is 0 Å². The summed E-state index contributed by atoms with van der Waals surface area (Å²) in [5.74, 6) is -1.08. The summed E-state index contributed by atoms with van der Waals surface area (Å²) in [6.45, 7) is 6.25. The molecule has 1 atom stereocenters. The van der Waals surface area contributed by atoms with Crippen LogP contribution in [0.15, 0.2) is 146 Å². The second-order valence-electron chi connectivity index (χ2n) is 17.1. The zero-order chi connectivity index (χ0) is 49.3. The summed E-state index contributed by atoms with van der Waals surface area (Å²) in [7, 11) is 0. The summed E-state index contributed by atoms with van der Waals surface area (Å²) >= 11 is 0. The van der Waals surface area contributed by atoms with E-state index in [-0.39, 0.29) is 44.0 Å². The molecule has 0 fully saturated rings. The van der Waals surface area contributed by atoms with Crippen LogP contribution in [0.4, 0.5) is 0 Å². The fourth-order valence-electron chi connectivity index (χ4n) is 6.70. The fourth-order valence-corrected chi connectivity index (χ4v) is 6.70. The summed E-state index contributed by atoms with van der Waals surface area (Å²) in [5, 5.41) is 0. The molecule has 0 rings (SSSR count). The Labute approximate surface area is 417 Å². The quantitative estimate of drug-likeness (QED) is 0.0199. The van der Waals surface area contributed by atoms with Gasteiger partial charge in [-0.15, -0.1) is 0 Å². The molecule has 6 nitrogen and oxygen atoms in total. The van der Waals surface area contributed by atoms with E-state index in [2.05, 4.69) is 130 Å². The van der Waals surface area contributed by atoms with Crippen LogP contribution in [0, 0.1) is 0 Å². The minimum atomic E-state index is -0.839. The lowest BCUT2D eigenvalue weighted by molar-refractivity contribution is -0.166. The first kappa shape index (κ1) is 63.3. The summed E-state index contributed by atoms with van der Waals surface area (Å²) in [6.07, 6.45) is 78.4. The molecule has 0 aliphatic rings. The van der Waals surface area contributed by atoms with Crippen LogP contribution < -0.4 is 0 Å². The molecule has 0 aliphatic carbocycles. The highest BCUT2D eigenvalue weighted by Gasteiger charge is 2.19. The standard InChI is InChI=1S/C62H96O6/c1-4-7-10-13-16-19-22-25-28-30-31-32-35-37-40-43-46-49-52-55-61(64)67-58-59(57-66-60(63)54-51-48-45-42-39-36-33-27-24-21-18-15-12-9-6-3)68-62(65)56-53-50-47-44-41-38-34-29-26-23-20-17-14-11-8-5-2/h7,9-10,12,15-16,18-19,21,24-25,27-29,31-34,37-38,40-41,46,49,59H,4-6,8,11,13-14,17,20,22-23,26,30,35-36,39,42-45,47-48,50-58H2,1-3H3/b10-7-,12-9-,18-15-,19-16-,24-21-,28-25-,32-31-,33-27-,34-29-,40-37-,41-38-,49-46-. The molecule has 68 heavy (non-hydrogen) atoms. The van der Waals surface area contributed by atoms with Gasteiger partial charge in [-0.05, 0) is 103 Å². The maximum Gasteiger partial charge on any atom is 0.306 e. The monoisotopic (exact) mass is 937 g/mol. The second-order valence-corrected chi connectivity index (χ2v) is 17.1. The second kappa shape index (κ2) is 54.9. The molecule has 0 aromatic carbocycles. The highest BCUT2D eigenvalue weighted by molar-refractivity contribution is 5.71. The lowest BCUT2D eigenvalue weighted by atomic mass is 10.1. The van der Waals surface area contributed by atoms with Crippen LogP contribution in [0.5, 0.6) is 0 Å². The van der Waals surface area contributed by atoms with Crippen molar-refractivity contribution in [2.75, 3.05) is 13.2 Å². The molecule has 0 aliphatic heterocycles. The van der Waals surface area contributed by atoms with Gasteiger partial charge in [-0.3, -0.25) is 14.4 Å². The van der Waals surface area contributed by atoms with Gasteiger partial charge < -0.3 is 14.2 Å². The Morgan fingerprint density at radius 3 is 1.16 bits per heavy atom. The third-order valence-corrected chi connectivity index (χ3v) is 10.7. The van der Waals surface area contributed by atoms with Crippen molar-refractivity contribution in [1.82, 2.24) is 0 Å². The van der Waals surface area contributed by atoms with Crippen molar-refractivity contribution in [1.29, 1.82) is 0 Å². The van der Waals surface area contributed by atoms with E-state index in [1.165, 1.54) is 44.9 Å². The SMILES string of the molecule is CC\C=C/C=C\C=C/C=C\CCCCCCCC(=O)OCC(COC(=O)CC/C=C\C/C=C\C/C=C\C/C=C\C/C=C\C/C=C\CC)OC(=O)CCCCC/C=C\C=C/CCCCCCCCC. The molecule has 6 heteroatoms. The Morgan fingerprint density at radius 1 is 0.324 bits per heavy atom. The van der Waals surface area contributed by atoms with Crippen LogP contribution in [0.3, 0.4) is 0 Å². The molecule has 0 N–H and O–H groups in total. The number of carbonyl (C=O) groups excluding carboxylic acids is 3. The van der Waals surface area contributed by atoms with E-state index in [9.17, 15) is 14.4 Å². The smallest absolute Gasteiger partial charge is 0.306 e. The van der Waals surface area contributed by atoms with Crippen LogP contribution >= 0.6 is 0 Å². The molecule has 0 saturated carbocycles. The number of carbonyl (C=O) groups is 3. The zero-order valence-corrected chi connectivity index (χ0v) is 43.3. The van der Waals surface area contributed by atoms with Crippen LogP contribution in [-0.2, 0) is 28.6 Å². The van der Waals surface area contributed by atoms with E-state index in [4.69, 9.17) is 14.2 Å². The van der Waals surface area contributed by atoms with E-state index < -0.39 is 6.10 Å². The normalized spacial score (nSPS) is 13.3. The summed E-state index contributed by atoms with van der Waals surface area (Å²) in [4.78, 5) is 38.0. The van der Waals surface area contributed by atoms with Gasteiger partial charge in [0.2, 0.25) is 0 Å². The molecular weight excluding hydrogens is 841 g/mol. The Bertz CT molecular complexity index is 1540. The Balaban J connectivity index is 4.62. The molecule has 0 spiro atoms. The number of hydrogen-bond donors (Lipinski definition) is 0. The first-order valence-corrected chi connectivity index (χ1v) is 26.9. The molecule has 1 unspecified atom stereocenters. The first-order valence-electron chi connectivity index (χ1n) is 26.9. The van der Waals surface area contributed by atoms with Crippen molar-refractivity contribution >= 4 is 17.9 Å². The maximum atomic E-state index is 12.8. The topological polar surface area (TPSA) is 78.9 Å². The maximum absolute atomic E-state index is 12.8. The zero-order valence-electron chi connectivity index (χ0n) is 43.3. The van der Waals surface area contributed by atoms with Gasteiger partial charge in [0.05, 0.1) is 0 Å². The van der Waals surface area contributed by atoms with Crippen molar-refractivity contribution in [2.45, 2.75) is 213 Å². The van der Waals surface area contributed by atoms with E-state index in [0.717, 1.165) is 109 Å². The van der Waals surface area contributed by atoms with Gasteiger partial charge in [-0.1, -0.05) is 231 Å². The number of unbranched alkanes of at least 4 members (excludes halogenated alkanes) is 15. The van der Waals surface area contributed by atoms with Crippen molar-refractivity contribution in [2.24, 2.45) is 0 Å². The number of hydrogen-bond acceptors (Lipinski definition) is 6. The molecule has 0 heterocycles. The van der Waals surface area contributed by atoms with Crippen molar-refractivity contribution < 1.29 is 28.6 Å². The first-order chi connectivity index (χ1) is 33.5. The molecule has 0 bridgehead atoms. The lowest BCUT2D eigenvalue weighted by Gasteiger charge is -2.18. The average Bonchev–Trinajstić information content (AvgIpc) is 3.34. The largest absolute Gasteiger partial charge is 0.462 e. The average molecular weight is 937 g/mol. The number of ether oxygens (including phenoxy) is 3. The predicted octanol–water partition coefficient (Wildman–Crippen LogP) is 18.0. The summed E-state index contributed by atoms with van der Waals surface area (Å²) < 4.78 is 16.7. The van der Waals surface area contributed by atoms with Gasteiger partial charge in [-0.25, -0.2) is 0 Å². The minimum Gasteiger partial charge on any atom is -0.462 e. The highest BCUT2D eigenvalue weighted by Crippen LogP contribution is 2.12. The molecule has 0 aromatic heterocycles. The highest BCUT2D eigenvalue weighted by atomic mass is 16.6. The predicted molar refractivity (Wildman–Crippen MR) is 292 cm³/mol. The fraction of sp³-hybridized carbons (Fsp3) is 0.565. The van der Waals surface area contributed by atoms with Crippen LogP contribution in [0.1, 0.15) is 207 Å². The minimum absolute atomic E-state index is 0.131. The van der Waals surface area contributed by atoms with Crippen LogP contribution in [-0.4, -0.2) is 37.2 Å². The van der Waals surface area contributed by atoms with E-state index in [1.54, 1.807) is 0 Å². The molecule has 0 amide bonds. The molecule has 380 valence electrons. The van der Waals surface area contributed by atoms with Crippen LogP contribution in [0.25, 0.3) is 0 Å². The lowest BCUT2D eigenvalue weighted by Crippen LogP contribution is -2.30. The number of rotatable bonds is 46. The third kappa shape index (κ3) is 52.3. The molecule has 0 saturated heterocycles. The van der Waals surface area contributed by atoms with Crippen molar-refractivity contribution in [3.63, 3.8) is 0 Å². The van der Waals surface area contributed by atoms with Crippen molar-refractivity contribution in [3.8, 4) is 0 Å². The molecule has 0 radical (unpaired) electrons. The van der Waals surface area contributed by atoms with Gasteiger partial charge in [0, 0.05) is 19.3 Å². The Kier molecular flexibility index (Phi) is 51.1. The van der Waals surface area contributed by atoms with Gasteiger partial charge in [0.25, 0.3) is 0 Å². The third-order valence-electron chi connectivity index (χ3n) is 10.7. The Morgan fingerprint density at radius 2 is 0.676 bits per heavy atom. The van der Waals surface area contributed by atoms with Gasteiger partial charge >= 0.3 is 17.9 Å². The van der Waals surface area contributed by atoms with E-state index in [1.807, 2.05) is 36.5 Å². The van der Waals surface area contributed by atoms with E-state index in [0.29, 0.717) is 19.3 Å². The molecule has 0 aromatic rings. The summed E-state index contributed by atoms with van der Waals surface area (Å²) in [5.41, 5.74) is 0. The van der Waals surface area contributed by atoms with Crippen LogP contribution in [0.2, 0.25) is 0 Å². The number of allylic oxidation sites excluding steroid dienone is 24. The summed E-state index contributed by atoms with van der Waals surface area (Å²) in [6, 6.07) is 0. The Hall–Kier alpha value is -4.71. The van der Waals surface area contributed by atoms with Crippen molar-refractivity contribution in [3.05, 3.63) is 146 Å². The van der Waals surface area contributed by atoms with Gasteiger partial charge in [0.1, 0.15) is 13.2 Å². The molecular formula is C62H96O6. The number of esters is 3. The van der Waals surface area contributed by atoms with Gasteiger partial charge in [0.15, 0.2) is 6.10 Å².